The molecular weight excluding hydrogens is 522 g/mol. The Balaban J connectivity index is 1.36. The van der Waals surface area contributed by atoms with Gasteiger partial charge in [0.05, 0.1) is 5.03 Å². The van der Waals surface area contributed by atoms with Crippen molar-refractivity contribution >= 4 is 33.8 Å². The van der Waals surface area contributed by atoms with Crippen LogP contribution in [0.5, 0.6) is 11.8 Å². The SMILES string of the molecule is CC(Sc1ccccn1)c1ccc(C(=O)NCCCCCC(=O)On2c(O)cc(S(=O)(=O)O)c2O)cc1. The van der Waals surface area contributed by atoms with Gasteiger partial charge in [-0.2, -0.15) is 8.42 Å². The van der Waals surface area contributed by atoms with Gasteiger partial charge in [0.25, 0.3) is 21.9 Å². The zero-order valence-corrected chi connectivity index (χ0v) is 21.5. The molecule has 0 bridgehead atoms. The van der Waals surface area contributed by atoms with Gasteiger partial charge in [-0.15, -0.1) is 4.73 Å². The number of unbranched alkanes of at least 4 members (excludes halogenated alkanes) is 2. The second-order valence-corrected chi connectivity index (χ2v) is 10.8. The van der Waals surface area contributed by atoms with Crippen molar-refractivity contribution in [2.45, 2.75) is 47.8 Å². The molecule has 0 fully saturated rings. The van der Waals surface area contributed by atoms with Crippen LogP contribution in [0.2, 0.25) is 0 Å². The number of carbonyl (C=O) groups is 2. The first kappa shape index (κ1) is 28.0. The number of hydrogen-bond acceptors (Lipinski definition) is 9. The van der Waals surface area contributed by atoms with E-state index in [1.165, 1.54) is 0 Å². The quantitative estimate of drug-likeness (QED) is 0.149. The summed E-state index contributed by atoms with van der Waals surface area (Å²) < 4.78 is 31.4. The van der Waals surface area contributed by atoms with E-state index in [1.807, 2.05) is 30.3 Å². The van der Waals surface area contributed by atoms with E-state index < -0.39 is 32.7 Å². The zero-order chi connectivity index (χ0) is 27.0. The molecule has 0 aliphatic carbocycles. The molecule has 11 nitrogen and oxygen atoms in total. The molecule has 2 aromatic heterocycles. The number of nitrogens with one attached hydrogen (secondary N) is 1. The van der Waals surface area contributed by atoms with Gasteiger partial charge in [-0.3, -0.25) is 9.35 Å². The third-order valence-electron chi connectivity index (χ3n) is 5.27. The smallest absolute Gasteiger partial charge is 0.333 e. The Kier molecular flexibility index (Phi) is 9.55. The Morgan fingerprint density at radius 1 is 1.11 bits per heavy atom. The first-order valence-corrected chi connectivity index (χ1v) is 13.7. The molecule has 0 radical (unpaired) electrons. The summed E-state index contributed by atoms with van der Waals surface area (Å²) in [6, 6.07) is 13.7. The average Bonchev–Trinajstić information content (AvgIpc) is 3.15. The summed E-state index contributed by atoms with van der Waals surface area (Å²) in [4.78, 5) is 32.4. The summed E-state index contributed by atoms with van der Waals surface area (Å²) in [5.41, 5.74) is 1.62. The van der Waals surface area contributed by atoms with Gasteiger partial charge >= 0.3 is 5.97 Å². The number of carbonyl (C=O) groups excluding carboxylic acids is 2. The van der Waals surface area contributed by atoms with Crippen LogP contribution in [0.25, 0.3) is 0 Å². The molecule has 4 N–H and O–H groups in total. The summed E-state index contributed by atoms with van der Waals surface area (Å²) in [7, 11) is -4.80. The molecule has 13 heteroatoms. The number of nitrogens with zero attached hydrogens (tertiary/aromatic N) is 2. The van der Waals surface area contributed by atoms with Gasteiger partial charge < -0.3 is 20.4 Å². The minimum absolute atomic E-state index is 0.0810. The predicted molar refractivity (Wildman–Crippen MR) is 135 cm³/mol. The Morgan fingerprint density at radius 2 is 1.84 bits per heavy atom. The van der Waals surface area contributed by atoms with E-state index in [4.69, 9.17) is 9.39 Å². The number of hydrogen-bond donors (Lipinski definition) is 4. The van der Waals surface area contributed by atoms with E-state index in [0.717, 1.165) is 10.6 Å². The van der Waals surface area contributed by atoms with Gasteiger partial charge in [0, 0.05) is 36.0 Å². The largest absolute Gasteiger partial charge is 0.492 e. The van der Waals surface area contributed by atoms with Crippen molar-refractivity contribution in [2.24, 2.45) is 0 Å². The topological polar surface area (TPSA) is 168 Å². The highest BCUT2D eigenvalue weighted by Crippen LogP contribution is 2.33. The van der Waals surface area contributed by atoms with Crippen molar-refractivity contribution in [1.82, 2.24) is 15.0 Å². The first-order chi connectivity index (χ1) is 17.6. The highest BCUT2D eigenvalue weighted by molar-refractivity contribution is 7.99. The first-order valence-electron chi connectivity index (χ1n) is 11.3. The van der Waals surface area contributed by atoms with Crippen LogP contribution < -0.4 is 10.2 Å². The normalized spacial score (nSPS) is 12.2. The molecule has 1 aromatic carbocycles. The molecule has 1 unspecified atom stereocenters. The lowest BCUT2D eigenvalue weighted by atomic mass is 10.1. The van der Waals surface area contributed by atoms with Crippen LogP contribution in [0.15, 0.2) is 64.6 Å². The number of rotatable bonds is 12. The Morgan fingerprint density at radius 3 is 2.46 bits per heavy atom. The van der Waals surface area contributed by atoms with Crippen LogP contribution in [0.4, 0.5) is 0 Å². The summed E-state index contributed by atoms with van der Waals surface area (Å²) in [6.45, 7) is 2.48. The average molecular weight is 550 g/mol. The summed E-state index contributed by atoms with van der Waals surface area (Å²) >= 11 is 1.63. The van der Waals surface area contributed by atoms with Crippen molar-refractivity contribution in [3.05, 3.63) is 65.9 Å². The lowest BCUT2D eigenvalue weighted by Gasteiger charge is -2.12. The van der Waals surface area contributed by atoms with Gasteiger partial charge in [-0.1, -0.05) is 36.4 Å². The fourth-order valence-electron chi connectivity index (χ4n) is 3.32. The Bertz CT molecular complexity index is 1330. The lowest BCUT2D eigenvalue weighted by molar-refractivity contribution is -0.145. The lowest BCUT2D eigenvalue weighted by Crippen LogP contribution is -2.24. The van der Waals surface area contributed by atoms with E-state index in [2.05, 4.69) is 17.2 Å². The maximum atomic E-state index is 12.4. The summed E-state index contributed by atoms with van der Waals surface area (Å²) in [5, 5.41) is 23.3. The van der Waals surface area contributed by atoms with Crippen molar-refractivity contribution < 1.29 is 37.6 Å². The molecule has 0 saturated carbocycles. The van der Waals surface area contributed by atoms with E-state index in [1.54, 1.807) is 30.1 Å². The molecule has 3 rings (SSSR count). The van der Waals surface area contributed by atoms with E-state index in [0.29, 0.717) is 37.4 Å². The monoisotopic (exact) mass is 549 g/mol. The van der Waals surface area contributed by atoms with E-state index in [-0.39, 0.29) is 22.3 Å². The maximum absolute atomic E-state index is 12.4. The second kappa shape index (κ2) is 12.6. The predicted octanol–water partition coefficient (Wildman–Crippen LogP) is 3.34. The van der Waals surface area contributed by atoms with Crippen LogP contribution in [-0.4, -0.2) is 51.3 Å². The van der Waals surface area contributed by atoms with Gasteiger partial charge in [0.15, 0.2) is 4.90 Å². The van der Waals surface area contributed by atoms with Crippen molar-refractivity contribution in [2.75, 3.05) is 6.54 Å². The van der Waals surface area contributed by atoms with Crippen LogP contribution >= 0.6 is 11.8 Å². The molecule has 37 heavy (non-hydrogen) atoms. The number of aromatic nitrogens is 2. The summed E-state index contributed by atoms with van der Waals surface area (Å²) in [5.74, 6) is -3.02. The van der Waals surface area contributed by atoms with Gasteiger partial charge in [0.2, 0.25) is 5.88 Å². The molecule has 198 valence electrons. The van der Waals surface area contributed by atoms with Crippen LogP contribution in [0.1, 0.15) is 53.8 Å². The number of pyridine rings is 1. The molecular formula is C24H27N3O8S2. The number of amides is 1. The molecule has 2 heterocycles. The van der Waals surface area contributed by atoms with E-state index >= 15 is 0 Å². The van der Waals surface area contributed by atoms with Gasteiger partial charge in [-0.25, -0.2) is 9.78 Å². The minimum Gasteiger partial charge on any atom is -0.492 e. The molecule has 3 aromatic rings. The Hall–Kier alpha value is -3.55. The molecule has 0 aliphatic rings. The second-order valence-electron chi connectivity index (χ2n) is 8.04. The van der Waals surface area contributed by atoms with Crippen molar-refractivity contribution in [3.8, 4) is 11.8 Å². The van der Waals surface area contributed by atoms with Gasteiger partial charge in [-0.05, 0) is 49.6 Å². The van der Waals surface area contributed by atoms with Crippen LogP contribution in [0.3, 0.4) is 0 Å². The zero-order valence-electron chi connectivity index (χ0n) is 19.9. The fourth-order valence-corrected chi connectivity index (χ4v) is 4.83. The maximum Gasteiger partial charge on any atom is 0.333 e. The fraction of sp³-hybridized carbons (Fsp3) is 0.292. The number of aromatic hydroxyl groups is 2. The van der Waals surface area contributed by atoms with E-state index in [9.17, 15) is 28.2 Å². The van der Waals surface area contributed by atoms with Crippen LogP contribution in [0, 0.1) is 0 Å². The number of thioether (sulfide) groups is 1. The highest BCUT2D eigenvalue weighted by atomic mass is 32.2. The molecule has 1 atom stereocenters. The van der Waals surface area contributed by atoms with Crippen molar-refractivity contribution in [1.29, 1.82) is 0 Å². The molecule has 1 amide bonds. The third-order valence-corrected chi connectivity index (χ3v) is 7.24. The standard InChI is InChI=1S/C24H27N3O8S2/c1-16(36-20-7-4-6-13-25-20)17-9-11-18(12-10-17)23(30)26-14-5-2-3-8-22(29)35-27-21(28)15-19(24(27)31)37(32,33)34/h4,6-7,9-13,15-16,28,31H,2-3,5,8,14H2,1H3,(H,26,30)(H,32,33,34). The molecule has 0 saturated heterocycles. The Labute approximate surface area is 218 Å². The van der Waals surface area contributed by atoms with Gasteiger partial charge in [0.1, 0.15) is 0 Å². The van der Waals surface area contributed by atoms with Crippen LogP contribution in [-0.2, 0) is 14.9 Å². The summed E-state index contributed by atoms with van der Waals surface area (Å²) in [6.07, 6.45) is 3.24. The molecule has 0 spiro atoms. The number of benzene rings is 1. The third kappa shape index (κ3) is 7.97. The van der Waals surface area contributed by atoms with Crippen molar-refractivity contribution in [3.63, 3.8) is 0 Å². The minimum atomic E-state index is -4.80. The highest BCUT2D eigenvalue weighted by Gasteiger charge is 2.25. The molecule has 0 aliphatic heterocycles.